The second-order valence-electron chi connectivity index (χ2n) is 4.05. The molecular formula is C13H14N2O2. The zero-order chi connectivity index (χ0) is 12.3. The van der Waals surface area contributed by atoms with Gasteiger partial charge in [0.1, 0.15) is 0 Å². The Kier molecular flexibility index (Phi) is 3.23. The van der Waals surface area contributed by atoms with Gasteiger partial charge in [-0.2, -0.15) is 0 Å². The molecule has 0 amide bonds. The molecule has 1 aromatic heterocycles. The van der Waals surface area contributed by atoms with E-state index in [0.29, 0.717) is 6.42 Å². The minimum absolute atomic E-state index is 0.0310. The molecule has 0 aliphatic carbocycles. The molecule has 1 heterocycles. The van der Waals surface area contributed by atoms with E-state index in [1.807, 2.05) is 43.5 Å². The van der Waals surface area contributed by atoms with Crippen LogP contribution in [0.3, 0.4) is 0 Å². The zero-order valence-corrected chi connectivity index (χ0v) is 9.64. The molecular weight excluding hydrogens is 216 g/mol. The van der Waals surface area contributed by atoms with Crippen LogP contribution in [-0.2, 0) is 6.42 Å². The normalized spacial score (nSPS) is 10.4. The van der Waals surface area contributed by atoms with E-state index in [4.69, 9.17) is 0 Å². The lowest BCUT2D eigenvalue weighted by atomic mass is 10.0. The number of aromatic nitrogens is 1. The molecule has 2 rings (SSSR count). The smallest absolute Gasteiger partial charge is 0.207 e. The summed E-state index contributed by atoms with van der Waals surface area (Å²) in [6, 6.07) is 10.0. The van der Waals surface area contributed by atoms with Gasteiger partial charge < -0.3 is 4.98 Å². The molecule has 0 aliphatic rings. The van der Waals surface area contributed by atoms with Crippen LogP contribution in [0.1, 0.15) is 11.1 Å². The van der Waals surface area contributed by atoms with Gasteiger partial charge in [-0.1, -0.05) is 29.8 Å². The summed E-state index contributed by atoms with van der Waals surface area (Å²) < 4.78 is 0. The molecule has 0 atom stereocenters. The highest BCUT2D eigenvalue weighted by atomic mass is 16.6. The van der Waals surface area contributed by atoms with Crippen LogP contribution in [0.2, 0.25) is 0 Å². The summed E-state index contributed by atoms with van der Waals surface area (Å²) >= 11 is 0. The van der Waals surface area contributed by atoms with Gasteiger partial charge in [0.2, 0.25) is 6.54 Å². The van der Waals surface area contributed by atoms with E-state index in [-0.39, 0.29) is 11.5 Å². The average Bonchev–Trinajstić information content (AvgIpc) is 2.75. The van der Waals surface area contributed by atoms with E-state index in [0.717, 1.165) is 16.8 Å². The van der Waals surface area contributed by atoms with Crippen LogP contribution in [0.5, 0.6) is 0 Å². The number of nitrogens with one attached hydrogen (secondary N) is 1. The lowest BCUT2D eigenvalue weighted by Crippen LogP contribution is -2.04. The molecule has 0 fully saturated rings. The van der Waals surface area contributed by atoms with Crippen molar-refractivity contribution >= 4 is 0 Å². The number of nitro groups is 1. The average molecular weight is 230 g/mol. The van der Waals surface area contributed by atoms with Gasteiger partial charge in [0.05, 0.1) is 0 Å². The second kappa shape index (κ2) is 4.82. The molecule has 0 unspecified atom stereocenters. The Bertz CT molecular complexity index is 514. The maximum Gasteiger partial charge on any atom is 0.207 e. The number of H-pyrrole nitrogens is 1. The van der Waals surface area contributed by atoms with Gasteiger partial charge in [0, 0.05) is 23.2 Å². The van der Waals surface area contributed by atoms with Crippen LogP contribution in [0.25, 0.3) is 11.3 Å². The predicted molar refractivity (Wildman–Crippen MR) is 66.5 cm³/mol. The summed E-state index contributed by atoms with van der Waals surface area (Å²) in [6.07, 6.45) is 2.28. The Balaban J connectivity index is 2.24. The van der Waals surface area contributed by atoms with Gasteiger partial charge in [-0.15, -0.1) is 0 Å². The molecule has 0 bridgehead atoms. The highest BCUT2D eigenvalue weighted by Crippen LogP contribution is 2.22. The van der Waals surface area contributed by atoms with Crippen LogP contribution in [-0.4, -0.2) is 16.5 Å². The van der Waals surface area contributed by atoms with Crippen LogP contribution >= 0.6 is 0 Å². The number of hydrogen-bond donors (Lipinski definition) is 1. The summed E-state index contributed by atoms with van der Waals surface area (Å²) in [5.41, 5.74) is 4.24. The third-order valence-electron chi connectivity index (χ3n) is 2.74. The molecule has 1 N–H and O–H groups in total. The molecule has 4 heteroatoms. The summed E-state index contributed by atoms with van der Waals surface area (Å²) in [5, 5.41) is 10.4. The number of nitrogens with zero attached hydrogens (tertiary/aromatic N) is 1. The van der Waals surface area contributed by atoms with Crippen molar-refractivity contribution in [1.82, 2.24) is 4.98 Å². The Labute approximate surface area is 99.4 Å². The van der Waals surface area contributed by atoms with Gasteiger partial charge in [0.15, 0.2) is 0 Å². The SMILES string of the molecule is Cc1ccc(-c2[nH]ccc2CC[N+](=O)[O-])cc1. The largest absolute Gasteiger partial charge is 0.361 e. The molecule has 4 nitrogen and oxygen atoms in total. The molecule has 0 radical (unpaired) electrons. The van der Waals surface area contributed by atoms with E-state index in [2.05, 4.69) is 4.98 Å². The number of rotatable bonds is 4. The van der Waals surface area contributed by atoms with Crippen molar-refractivity contribution in [2.75, 3.05) is 6.54 Å². The molecule has 0 saturated heterocycles. The first-order chi connectivity index (χ1) is 8.16. The standard InChI is InChI=1S/C13H14N2O2/c1-10-2-4-11(5-3-10)13-12(6-8-14-13)7-9-15(16)17/h2-6,8,14H,7,9H2,1H3. The molecule has 2 aromatic rings. The lowest BCUT2D eigenvalue weighted by molar-refractivity contribution is -0.479. The maximum absolute atomic E-state index is 10.4. The quantitative estimate of drug-likeness (QED) is 0.648. The van der Waals surface area contributed by atoms with Crippen molar-refractivity contribution in [1.29, 1.82) is 0 Å². The molecule has 1 aromatic carbocycles. The van der Waals surface area contributed by atoms with Crippen molar-refractivity contribution in [2.45, 2.75) is 13.3 Å². The third kappa shape index (κ3) is 2.72. The van der Waals surface area contributed by atoms with Crippen molar-refractivity contribution in [3.05, 3.63) is 57.8 Å². The molecule has 88 valence electrons. The van der Waals surface area contributed by atoms with Crippen molar-refractivity contribution < 1.29 is 4.92 Å². The van der Waals surface area contributed by atoms with Crippen LogP contribution < -0.4 is 0 Å². The van der Waals surface area contributed by atoms with E-state index in [9.17, 15) is 10.1 Å². The molecule has 0 spiro atoms. The second-order valence-corrected chi connectivity index (χ2v) is 4.05. The fraction of sp³-hybridized carbons (Fsp3) is 0.231. The number of benzene rings is 1. The highest BCUT2D eigenvalue weighted by molar-refractivity contribution is 5.63. The fourth-order valence-corrected chi connectivity index (χ4v) is 1.81. The minimum Gasteiger partial charge on any atom is -0.361 e. The lowest BCUT2D eigenvalue weighted by Gasteiger charge is -2.03. The number of aryl methyl sites for hydroxylation is 1. The zero-order valence-electron chi connectivity index (χ0n) is 9.64. The monoisotopic (exact) mass is 230 g/mol. The predicted octanol–water partition coefficient (Wildman–Crippen LogP) is 2.81. The summed E-state index contributed by atoms with van der Waals surface area (Å²) in [6.45, 7) is 2.00. The van der Waals surface area contributed by atoms with Crippen LogP contribution in [0, 0.1) is 17.0 Å². The maximum atomic E-state index is 10.4. The third-order valence-corrected chi connectivity index (χ3v) is 2.74. The Morgan fingerprint density at radius 3 is 2.59 bits per heavy atom. The van der Waals surface area contributed by atoms with Gasteiger partial charge in [-0.05, 0) is 24.1 Å². The van der Waals surface area contributed by atoms with Crippen molar-refractivity contribution in [2.24, 2.45) is 0 Å². The number of aromatic amines is 1. The first kappa shape index (κ1) is 11.4. The molecule has 0 saturated carbocycles. The Morgan fingerprint density at radius 1 is 1.24 bits per heavy atom. The Morgan fingerprint density at radius 2 is 1.94 bits per heavy atom. The summed E-state index contributed by atoms with van der Waals surface area (Å²) in [4.78, 5) is 13.2. The highest BCUT2D eigenvalue weighted by Gasteiger charge is 2.08. The van der Waals surface area contributed by atoms with E-state index in [1.165, 1.54) is 5.56 Å². The van der Waals surface area contributed by atoms with E-state index >= 15 is 0 Å². The van der Waals surface area contributed by atoms with E-state index in [1.54, 1.807) is 0 Å². The first-order valence-corrected chi connectivity index (χ1v) is 5.52. The minimum atomic E-state index is -0.286. The fourth-order valence-electron chi connectivity index (χ4n) is 1.81. The first-order valence-electron chi connectivity index (χ1n) is 5.52. The van der Waals surface area contributed by atoms with Crippen molar-refractivity contribution in [3.63, 3.8) is 0 Å². The van der Waals surface area contributed by atoms with Gasteiger partial charge in [-0.25, -0.2) is 0 Å². The summed E-state index contributed by atoms with van der Waals surface area (Å²) in [7, 11) is 0. The van der Waals surface area contributed by atoms with Crippen LogP contribution in [0.15, 0.2) is 36.5 Å². The van der Waals surface area contributed by atoms with Crippen molar-refractivity contribution in [3.8, 4) is 11.3 Å². The van der Waals surface area contributed by atoms with Gasteiger partial charge in [0.25, 0.3) is 0 Å². The van der Waals surface area contributed by atoms with E-state index < -0.39 is 0 Å². The van der Waals surface area contributed by atoms with Gasteiger partial charge >= 0.3 is 0 Å². The molecule has 17 heavy (non-hydrogen) atoms. The summed E-state index contributed by atoms with van der Waals surface area (Å²) in [5.74, 6) is 0. The molecule has 0 aliphatic heterocycles. The number of hydrogen-bond acceptors (Lipinski definition) is 2. The topological polar surface area (TPSA) is 58.9 Å². The van der Waals surface area contributed by atoms with Crippen LogP contribution in [0.4, 0.5) is 0 Å². The van der Waals surface area contributed by atoms with Gasteiger partial charge in [-0.3, -0.25) is 10.1 Å². The Hall–Kier alpha value is -2.10.